The molecule has 2 unspecified atom stereocenters. The Kier molecular flexibility index (Phi) is 4.52. The van der Waals surface area contributed by atoms with E-state index in [0.717, 1.165) is 17.5 Å². The van der Waals surface area contributed by atoms with Crippen molar-refractivity contribution in [1.82, 2.24) is 9.62 Å². The van der Waals surface area contributed by atoms with Gasteiger partial charge in [0.15, 0.2) is 0 Å². The van der Waals surface area contributed by atoms with Gasteiger partial charge in [0, 0.05) is 19.1 Å². The molecule has 1 aliphatic rings. The highest BCUT2D eigenvalue weighted by Crippen LogP contribution is 2.31. The number of hydrogen-bond donors (Lipinski definition) is 1. The smallest absolute Gasteiger partial charge is 0.243 e. The standard InChI is InChI=1S/C15H24N2O2S/c1-11-8-12(2)17(10-11)20(18,19)15-7-5-6-14(9-16-4)13(15)3/h5-7,11-12,16H,8-10H2,1-4H3. The molecule has 0 radical (unpaired) electrons. The molecule has 1 heterocycles. The van der Waals surface area contributed by atoms with Crippen LogP contribution in [0.3, 0.4) is 0 Å². The van der Waals surface area contributed by atoms with E-state index < -0.39 is 10.0 Å². The van der Waals surface area contributed by atoms with Gasteiger partial charge in [-0.2, -0.15) is 4.31 Å². The summed E-state index contributed by atoms with van der Waals surface area (Å²) in [5, 5.41) is 3.08. The van der Waals surface area contributed by atoms with Crippen molar-refractivity contribution in [2.24, 2.45) is 5.92 Å². The molecular weight excluding hydrogens is 272 g/mol. The van der Waals surface area contributed by atoms with Crippen LogP contribution in [-0.4, -0.2) is 32.4 Å². The summed E-state index contributed by atoms with van der Waals surface area (Å²) in [4.78, 5) is 0.450. The van der Waals surface area contributed by atoms with Crippen LogP contribution in [0.5, 0.6) is 0 Å². The van der Waals surface area contributed by atoms with Crippen LogP contribution in [0.4, 0.5) is 0 Å². The molecule has 0 spiro atoms. The first-order chi connectivity index (χ1) is 9.37. The molecule has 2 atom stereocenters. The zero-order chi connectivity index (χ0) is 14.9. The van der Waals surface area contributed by atoms with Crippen molar-refractivity contribution in [2.75, 3.05) is 13.6 Å². The van der Waals surface area contributed by atoms with E-state index in [1.807, 2.05) is 33.0 Å². The van der Waals surface area contributed by atoms with E-state index in [2.05, 4.69) is 12.2 Å². The molecule has 112 valence electrons. The van der Waals surface area contributed by atoms with Crippen LogP contribution in [0.1, 0.15) is 31.4 Å². The van der Waals surface area contributed by atoms with E-state index in [4.69, 9.17) is 0 Å². The van der Waals surface area contributed by atoms with Crippen LogP contribution in [0.2, 0.25) is 0 Å². The normalized spacial score (nSPS) is 24.2. The first kappa shape index (κ1) is 15.5. The molecule has 1 saturated heterocycles. The monoisotopic (exact) mass is 296 g/mol. The molecule has 0 amide bonds. The van der Waals surface area contributed by atoms with Crippen molar-refractivity contribution in [1.29, 1.82) is 0 Å². The first-order valence-electron chi connectivity index (χ1n) is 7.13. The average molecular weight is 296 g/mol. The fourth-order valence-electron chi connectivity index (χ4n) is 3.04. The lowest BCUT2D eigenvalue weighted by Crippen LogP contribution is -2.34. The third kappa shape index (κ3) is 2.75. The van der Waals surface area contributed by atoms with Crippen LogP contribution >= 0.6 is 0 Å². The number of nitrogens with one attached hydrogen (secondary N) is 1. The molecule has 4 nitrogen and oxygen atoms in total. The van der Waals surface area contributed by atoms with Crippen molar-refractivity contribution >= 4 is 10.0 Å². The minimum absolute atomic E-state index is 0.0855. The number of benzene rings is 1. The summed E-state index contributed by atoms with van der Waals surface area (Å²) < 4.78 is 27.4. The first-order valence-corrected chi connectivity index (χ1v) is 8.57. The molecule has 0 aliphatic carbocycles. The molecular formula is C15H24N2O2S. The number of sulfonamides is 1. The summed E-state index contributed by atoms with van der Waals surface area (Å²) >= 11 is 0. The Labute approximate surface area is 122 Å². The van der Waals surface area contributed by atoms with Crippen LogP contribution in [0.15, 0.2) is 23.1 Å². The van der Waals surface area contributed by atoms with E-state index >= 15 is 0 Å². The Bertz CT molecular complexity index is 584. The van der Waals surface area contributed by atoms with Crippen molar-refractivity contribution in [3.05, 3.63) is 29.3 Å². The van der Waals surface area contributed by atoms with Crippen LogP contribution in [-0.2, 0) is 16.6 Å². The molecule has 1 fully saturated rings. The number of rotatable bonds is 4. The van der Waals surface area contributed by atoms with E-state index in [0.29, 0.717) is 23.9 Å². The molecule has 20 heavy (non-hydrogen) atoms. The van der Waals surface area contributed by atoms with E-state index in [1.165, 1.54) is 0 Å². The second-order valence-corrected chi connectivity index (χ2v) is 7.69. The molecule has 1 N–H and O–H groups in total. The van der Waals surface area contributed by atoms with Gasteiger partial charge in [0.05, 0.1) is 4.90 Å². The van der Waals surface area contributed by atoms with Gasteiger partial charge in [-0.05, 0) is 50.4 Å². The fraction of sp³-hybridized carbons (Fsp3) is 0.600. The molecule has 5 heteroatoms. The predicted octanol–water partition coefficient (Wildman–Crippen LogP) is 2.13. The third-order valence-corrected chi connectivity index (χ3v) is 6.20. The lowest BCUT2D eigenvalue weighted by molar-refractivity contribution is 0.405. The second kappa shape index (κ2) is 5.84. The lowest BCUT2D eigenvalue weighted by atomic mass is 10.1. The summed E-state index contributed by atoms with van der Waals surface area (Å²) in [6.45, 7) is 7.30. The number of hydrogen-bond acceptors (Lipinski definition) is 3. The molecule has 1 aromatic carbocycles. The van der Waals surface area contributed by atoms with Gasteiger partial charge in [-0.15, -0.1) is 0 Å². The van der Waals surface area contributed by atoms with Crippen LogP contribution < -0.4 is 5.32 Å². The maximum absolute atomic E-state index is 12.9. The van der Waals surface area contributed by atoms with Gasteiger partial charge in [-0.25, -0.2) is 8.42 Å². The highest BCUT2D eigenvalue weighted by molar-refractivity contribution is 7.89. The molecule has 0 saturated carbocycles. The second-order valence-electron chi connectivity index (χ2n) is 5.84. The Balaban J connectivity index is 2.42. The SMILES string of the molecule is CNCc1cccc(S(=O)(=O)N2CC(C)CC2C)c1C. The molecule has 2 rings (SSSR count). The van der Waals surface area contributed by atoms with Crippen molar-refractivity contribution in [3.8, 4) is 0 Å². The fourth-order valence-corrected chi connectivity index (χ4v) is 5.08. The zero-order valence-electron chi connectivity index (χ0n) is 12.7. The third-order valence-electron chi connectivity index (χ3n) is 4.08. The maximum Gasteiger partial charge on any atom is 0.243 e. The van der Waals surface area contributed by atoms with Gasteiger partial charge in [-0.1, -0.05) is 19.1 Å². The summed E-state index contributed by atoms with van der Waals surface area (Å²) in [5.41, 5.74) is 1.89. The van der Waals surface area contributed by atoms with Crippen molar-refractivity contribution < 1.29 is 8.42 Å². The van der Waals surface area contributed by atoms with Crippen LogP contribution in [0, 0.1) is 12.8 Å². The maximum atomic E-state index is 12.9. The van der Waals surface area contributed by atoms with E-state index in [1.54, 1.807) is 10.4 Å². The van der Waals surface area contributed by atoms with Crippen molar-refractivity contribution in [2.45, 2.75) is 44.7 Å². The minimum atomic E-state index is -3.39. The van der Waals surface area contributed by atoms with Gasteiger partial charge in [0.2, 0.25) is 10.0 Å². The summed E-state index contributed by atoms with van der Waals surface area (Å²) in [6.07, 6.45) is 0.939. The Morgan fingerprint density at radius 2 is 2.05 bits per heavy atom. The highest BCUT2D eigenvalue weighted by atomic mass is 32.2. The Morgan fingerprint density at radius 1 is 1.35 bits per heavy atom. The summed E-state index contributed by atoms with van der Waals surface area (Å²) in [5.74, 6) is 0.431. The largest absolute Gasteiger partial charge is 0.316 e. The Morgan fingerprint density at radius 3 is 2.60 bits per heavy atom. The predicted molar refractivity (Wildman–Crippen MR) is 81.1 cm³/mol. The topological polar surface area (TPSA) is 49.4 Å². The van der Waals surface area contributed by atoms with Crippen molar-refractivity contribution in [3.63, 3.8) is 0 Å². The summed E-state index contributed by atoms with van der Waals surface area (Å²) in [6, 6.07) is 5.61. The Hall–Kier alpha value is -0.910. The van der Waals surface area contributed by atoms with E-state index in [-0.39, 0.29) is 6.04 Å². The zero-order valence-corrected chi connectivity index (χ0v) is 13.5. The van der Waals surface area contributed by atoms with Crippen LogP contribution in [0.25, 0.3) is 0 Å². The molecule has 0 aromatic heterocycles. The summed E-state index contributed by atoms with van der Waals surface area (Å²) in [7, 11) is -1.52. The van der Waals surface area contributed by atoms with Gasteiger partial charge in [0.25, 0.3) is 0 Å². The molecule has 1 aliphatic heterocycles. The van der Waals surface area contributed by atoms with Gasteiger partial charge in [0.1, 0.15) is 0 Å². The quantitative estimate of drug-likeness (QED) is 0.926. The van der Waals surface area contributed by atoms with E-state index in [9.17, 15) is 8.42 Å². The molecule has 0 bridgehead atoms. The number of nitrogens with zero attached hydrogens (tertiary/aromatic N) is 1. The van der Waals surface area contributed by atoms with Gasteiger partial charge in [-0.3, -0.25) is 0 Å². The van der Waals surface area contributed by atoms with Gasteiger partial charge < -0.3 is 5.32 Å². The average Bonchev–Trinajstić information content (AvgIpc) is 2.72. The minimum Gasteiger partial charge on any atom is -0.316 e. The highest BCUT2D eigenvalue weighted by Gasteiger charge is 2.36. The lowest BCUT2D eigenvalue weighted by Gasteiger charge is -2.23. The van der Waals surface area contributed by atoms with Gasteiger partial charge >= 0.3 is 0 Å². The molecule has 1 aromatic rings.